The molecule has 1 heterocycles. The number of amides is 1. The highest BCUT2D eigenvalue weighted by atomic mass is 32.2. The first kappa shape index (κ1) is 26.7. The zero-order valence-corrected chi connectivity index (χ0v) is 20.9. The Hall–Kier alpha value is -2.91. The van der Waals surface area contributed by atoms with Crippen molar-refractivity contribution in [1.82, 2.24) is 5.32 Å². The minimum absolute atomic E-state index is 0.00962. The van der Waals surface area contributed by atoms with Crippen molar-refractivity contribution in [3.8, 4) is 5.75 Å². The van der Waals surface area contributed by atoms with Crippen molar-refractivity contribution in [1.29, 1.82) is 0 Å². The van der Waals surface area contributed by atoms with Gasteiger partial charge in [0.25, 0.3) is 5.91 Å². The lowest BCUT2D eigenvalue weighted by Crippen LogP contribution is -2.48. The third-order valence-electron chi connectivity index (χ3n) is 5.81. The lowest BCUT2D eigenvalue weighted by molar-refractivity contribution is -0.126. The van der Waals surface area contributed by atoms with Gasteiger partial charge < -0.3 is 19.9 Å². The first-order valence-electron chi connectivity index (χ1n) is 12.0. The highest BCUT2D eigenvalue weighted by Gasteiger charge is 2.45. The summed E-state index contributed by atoms with van der Waals surface area (Å²) in [5.41, 5.74) is -0.647. The molecule has 1 atom stereocenters. The van der Waals surface area contributed by atoms with E-state index in [9.17, 15) is 13.2 Å². The van der Waals surface area contributed by atoms with Gasteiger partial charge in [-0.1, -0.05) is 38.0 Å². The Morgan fingerprint density at radius 2 is 1.86 bits per heavy atom. The Morgan fingerprint density at radius 1 is 1.11 bits per heavy atom. The number of aliphatic imine (C=N–C) groups is 1. The smallest absolute Gasteiger partial charge is 0.251 e. The number of hydrogen-bond donors (Lipinski definition) is 2. The molecule has 1 amide bonds. The fourth-order valence-corrected chi connectivity index (χ4v) is 5.11. The number of carbonyl (C=O) groups is 1. The summed E-state index contributed by atoms with van der Waals surface area (Å²) in [5.74, 6) is 0.398. The van der Waals surface area contributed by atoms with Crippen LogP contribution in [0.4, 0.5) is 0 Å². The molecule has 190 valence electrons. The number of nitrogens with zero attached hydrogens (tertiary/aromatic N) is 1. The van der Waals surface area contributed by atoms with Crippen LogP contribution in [-0.2, 0) is 19.4 Å². The topological polar surface area (TPSA) is 114 Å². The second-order valence-corrected chi connectivity index (χ2v) is 10.6. The van der Waals surface area contributed by atoms with Gasteiger partial charge in [0.05, 0.1) is 17.3 Å². The number of carbonyl (C=O) groups excluding carboxylic acids is 1. The largest absolute Gasteiger partial charge is 0.494 e. The van der Waals surface area contributed by atoms with E-state index in [0.717, 1.165) is 19.3 Å². The molecule has 0 spiro atoms. The van der Waals surface area contributed by atoms with Gasteiger partial charge in [0.15, 0.2) is 15.4 Å². The highest BCUT2D eigenvalue weighted by Crippen LogP contribution is 2.28. The van der Waals surface area contributed by atoms with Crippen molar-refractivity contribution in [3.05, 3.63) is 60.2 Å². The molecule has 0 aromatic heterocycles. The molecule has 0 aliphatic carbocycles. The van der Waals surface area contributed by atoms with Crippen LogP contribution in [0.5, 0.6) is 5.75 Å². The number of benzene rings is 2. The molecule has 3 rings (SSSR count). The molecule has 35 heavy (non-hydrogen) atoms. The van der Waals surface area contributed by atoms with E-state index in [-0.39, 0.29) is 36.2 Å². The van der Waals surface area contributed by atoms with Crippen LogP contribution >= 0.6 is 0 Å². The number of aliphatic hydroxyl groups excluding tert-OH is 1. The van der Waals surface area contributed by atoms with Crippen LogP contribution < -0.4 is 10.1 Å². The summed E-state index contributed by atoms with van der Waals surface area (Å²) in [6, 6.07) is 15.3. The van der Waals surface area contributed by atoms with Gasteiger partial charge in [-0.05, 0) is 49.2 Å². The number of ether oxygens (including phenoxy) is 2. The lowest BCUT2D eigenvalue weighted by Gasteiger charge is -2.23. The molecule has 1 aliphatic rings. The first-order chi connectivity index (χ1) is 16.9. The average molecular weight is 503 g/mol. The fraction of sp³-hybridized carbons (Fsp3) is 0.462. The predicted octanol–water partition coefficient (Wildman–Crippen LogP) is 3.13. The van der Waals surface area contributed by atoms with Gasteiger partial charge in [0.1, 0.15) is 12.4 Å². The summed E-state index contributed by atoms with van der Waals surface area (Å²) < 4.78 is 37.2. The summed E-state index contributed by atoms with van der Waals surface area (Å²) in [6.07, 6.45) is 3.42. The molecule has 2 aromatic carbocycles. The van der Waals surface area contributed by atoms with Gasteiger partial charge in [0, 0.05) is 25.1 Å². The second-order valence-electron chi connectivity index (χ2n) is 8.53. The number of aliphatic hydroxyl groups is 1. The molecule has 0 fully saturated rings. The molecule has 9 heteroatoms. The third-order valence-corrected chi connectivity index (χ3v) is 7.54. The fourth-order valence-electron chi connectivity index (χ4n) is 3.69. The van der Waals surface area contributed by atoms with E-state index < -0.39 is 15.4 Å². The van der Waals surface area contributed by atoms with E-state index in [1.54, 1.807) is 54.6 Å². The van der Waals surface area contributed by atoms with Gasteiger partial charge in [0.2, 0.25) is 5.90 Å². The van der Waals surface area contributed by atoms with Crippen molar-refractivity contribution in [2.75, 3.05) is 32.1 Å². The minimum Gasteiger partial charge on any atom is -0.494 e. The highest BCUT2D eigenvalue weighted by molar-refractivity contribution is 7.91. The zero-order valence-electron chi connectivity index (χ0n) is 20.1. The van der Waals surface area contributed by atoms with Crippen LogP contribution in [0.2, 0.25) is 0 Å². The quantitative estimate of drug-likeness (QED) is 0.384. The monoisotopic (exact) mass is 502 g/mol. The summed E-state index contributed by atoms with van der Waals surface area (Å²) >= 11 is 0. The van der Waals surface area contributed by atoms with E-state index >= 15 is 0 Å². The molecular formula is C26H34N2O6S. The molecule has 1 aliphatic heterocycles. The van der Waals surface area contributed by atoms with Crippen LogP contribution in [0.1, 0.15) is 44.6 Å². The van der Waals surface area contributed by atoms with Crippen molar-refractivity contribution in [2.24, 2.45) is 4.99 Å². The standard InChI is InChI=1S/C26H34N2O6S/c1-2-3-7-16-27-25(30)26(15-19-35(31,32)23-9-5-4-6-10-23)20-34-24(28-26)21-11-13-22(14-12-21)33-18-8-17-29/h4-6,9-14,29H,2-3,7-8,15-20H2,1H3,(H,27,30)/t26-/m1/s1. The summed E-state index contributed by atoms with van der Waals surface area (Å²) in [4.78, 5) is 18.1. The molecule has 8 nitrogen and oxygen atoms in total. The van der Waals surface area contributed by atoms with Crippen LogP contribution in [0, 0.1) is 0 Å². The molecule has 2 N–H and O–H groups in total. The summed E-state index contributed by atoms with van der Waals surface area (Å²) in [6.45, 7) is 3.03. The first-order valence-corrected chi connectivity index (χ1v) is 13.7. The zero-order chi connectivity index (χ0) is 25.2. The van der Waals surface area contributed by atoms with E-state index in [4.69, 9.17) is 14.6 Å². The van der Waals surface area contributed by atoms with Gasteiger partial charge in [-0.3, -0.25) is 4.79 Å². The summed E-state index contributed by atoms with van der Waals surface area (Å²) in [5, 5.41) is 11.8. The lowest BCUT2D eigenvalue weighted by atomic mass is 9.97. The van der Waals surface area contributed by atoms with Gasteiger partial charge in [-0.2, -0.15) is 0 Å². The van der Waals surface area contributed by atoms with Crippen molar-refractivity contribution in [2.45, 2.75) is 49.5 Å². The predicted molar refractivity (Wildman–Crippen MR) is 135 cm³/mol. The maximum atomic E-state index is 13.2. The Balaban J connectivity index is 1.78. The van der Waals surface area contributed by atoms with Crippen molar-refractivity contribution < 1.29 is 27.8 Å². The Kier molecular flexibility index (Phi) is 9.68. The van der Waals surface area contributed by atoms with Crippen LogP contribution in [0.25, 0.3) is 0 Å². The number of rotatable bonds is 14. The number of unbranched alkanes of at least 4 members (excludes halogenated alkanes) is 2. The Labute approximate surface area is 207 Å². The minimum atomic E-state index is -3.59. The maximum absolute atomic E-state index is 13.2. The van der Waals surface area contributed by atoms with Crippen LogP contribution in [-0.4, -0.2) is 63.0 Å². The number of hydrogen-bond acceptors (Lipinski definition) is 7. The Morgan fingerprint density at radius 3 is 2.54 bits per heavy atom. The van der Waals surface area contributed by atoms with Gasteiger partial charge in [-0.25, -0.2) is 13.4 Å². The molecule has 0 saturated carbocycles. The second kappa shape index (κ2) is 12.7. The third kappa shape index (κ3) is 7.29. The molecular weight excluding hydrogens is 468 g/mol. The molecule has 0 unspecified atom stereocenters. The van der Waals surface area contributed by atoms with Crippen molar-refractivity contribution in [3.63, 3.8) is 0 Å². The van der Waals surface area contributed by atoms with E-state index in [1.807, 2.05) is 0 Å². The summed E-state index contributed by atoms with van der Waals surface area (Å²) in [7, 11) is -3.59. The van der Waals surface area contributed by atoms with E-state index in [2.05, 4.69) is 17.2 Å². The van der Waals surface area contributed by atoms with E-state index in [1.165, 1.54) is 0 Å². The maximum Gasteiger partial charge on any atom is 0.251 e. The normalized spacial score (nSPS) is 17.5. The Bertz CT molecular complexity index is 1090. The molecule has 0 bridgehead atoms. The average Bonchev–Trinajstić information content (AvgIpc) is 3.32. The van der Waals surface area contributed by atoms with Gasteiger partial charge in [-0.15, -0.1) is 0 Å². The van der Waals surface area contributed by atoms with Crippen LogP contribution in [0.3, 0.4) is 0 Å². The van der Waals surface area contributed by atoms with Crippen molar-refractivity contribution >= 4 is 21.6 Å². The SMILES string of the molecule is CCCCCNC(=O)[C@@]1(CCS(=O)(=O)c2ccccc2)COC(c2ccc(OCCCO)cc2)=N1. The molecule has 0 radical (unpaired) electrons. The molecule has 0 saturated heterocycles. The number of nitrogens with one attached hydrogen (secondary N) is 1. The molecule has 2 aromatic rings. The van der Waals surface area contributed by atoms with E-state index in [0.29, 0.717) is 36.8 Å². The number of sulfone groups is 1. The van der Waals surface area contributed by atoms with Crippen LogP contribution in [0.15, 0.2) is 64.5 Å². The van der Waals surface area contributed by atoms with Gasteiger partial charge >= 0.3 is 0 Å².